The third-order valence-electron chi connectivity index (χ3n) is 4.95. The van der Waals surface area contributed by atoms with Crippen LogP contribution < -0.4 is 19.9 Å². The van der Waals surface area contributed by atoms with Gasteiger partial charge < -0.3 is 19.9 Å². The highest BCUT2D eigenvalue weighted by Gasteiger charge is 2.34. The zero-order chi connectivity index (χ0) is 24.4. The zero-order valence-corrected chi connectivity index (χ0v) is 19.4. The first-order valence-electron chi connectivity index (χ1n) is 9.72. The molecule has 4 rings (SSSR count). The van der Waals surface area contributed by atoms with E-state index in [2.05, 4.69) is 0 Å². The molecule has 2 N–H and O–H groups in total. The SMILES string of the molecule is N#CC1=C(N)Oc2cc(OC(=O)COc3ccc(Cl)cc3Cl)ccc2C1c1c(F)cccc1Cl. The smallest absolute Gasteiger partial charge is 0.349 e. The van der Waals surface area contributed by atoms with Crippen molar-refractivity contribution in [1.82, 2.24) is 0 Å². The van der Waals surface area contributed by atoms with Crippen LogP contribution in [0.3, 0.4) is 0 Å². The quantitative estimate of drug-likeness (QED) is 0.329. The highest BCUT2D eigenvalue weighted by molar-refractivity contribution is 6.35. The number of fused-ring (bicyclic) bond motifs is 1. The molecule has 1 aliphatic heterocycles. The molecule has 3 aromatic rings. The van der Waals surface area contributed by atoms with E-state index in [1.807, 2.05) is 6.07 Å². The number of nitrogens with two attached hydrogens (primary N) is 1. The van der Waals surface area contributed by atoms with E-state index >= 15 is 0 Å². The molecule has 0 amide bonds. The molecule has 0 saturated carbocycles. The molecular formula is C24H14Cl3FN2O4. The maximum absolute atomic E-state index is 14.7. The first-order chi connectivity index (χ1) is 16.3. The third kappa shape index (κ3) is 4.75. The Hall–Kier alpha value is -3.44. The first kappa shape index (κ1) is 23.7. The molecule has 1 heterocycles. The lowest BCUT2D eigenvalue weighted by molar-refractivity contribution is -0.136. The number of halogens is 4. The maximum atomic E-state index is 14.7. The van der Waals surface area contributed by atoms with E-state index in [0.29, 0.717) is 10.6 Å². The van der Waals surface area contributed by atoms with Gasteiger partial charge in [-0.05, 0) is 36.4 Å². The molecule has 0 aliphatic carbocycles. The Morgan fingerprint density at radius 3 is 2.62 bits per heavy atom. The van der Waals surface area contributed by atoms with Crippen LogP contribution in [0.2, 0.25) is 15.1 Å². The van der Waals surface area contributed by atoms with Crippen LogP contribution in [-0.4, -0.2) is 12.6 Å². The van der Waals surface area contributed by atoms with Crippen molar-refractivity contribution in [2.75, 3.05) is 6.61 Å². The van der Waals surface area contributed by atoms with Crippen molar-refractivity contribution in [1.29, 1.82) is 5.26 Å². The molecule has 0 saturated heterocycles. The molecule has 1 aliphatic rings. The summed E-state index contributed by atoms with van der Waals surface area (Å²) in [7, 11) is 0. The van der Waals surface area contributed by atoms with E-state index in [9.17, 15) is 14.4 Å². The van der Waals surface area contributed by atoms with Gasteiger partial charge in [0.25, 0.3) is 0 Å². The van der Waals surface area contributed by atoms with Gasteiger partial charge in [-0.25, -0.2) is 9.18 Å². The van der Waals surface area contributed by atoms with Crippen molar-refractivity contribution in [3.05, 3.63) is 98.1 Å². The zero-order valence-electron chi connectivity index (χ0n) is 17.2. The number of hydrogen-bond donors (Lipinski definition) is 1. The van der Waals surface area contributed by atoms with Gasteiger partial charge in [0.2, 0.25) is 5.88 Å². The molecule has 0 spiro atoms. The number of rotatable bonds is 5. The topological polar surface area (TPSA) is 94.6 Å². The lowest BCUT2D eigenvalue weighted by atomic mass is 9.83. The summed E-state index contributed by atoms with van der Waals surface area (Å²) in [5.74, 6) is -1.83. The second-order valence-electron chi connectivity index (χ2n) is 7.10. The molecule has 3 aromatic carbocycles. The Kier molecular flexibility index (Phi) is 6.85. The molecule has 0 bridgehead atoms. The number of carbonyl (C=O) groups excluding carboxylic acids is 1. The number of allylic oxidation sites excluding steroid dienone is 1. The molecule has 6 nitrogen and oxygen atoms in total. The molecule has 0 aromatic heterocycles. The second kappa shape index (κ2) is 9.82. The predicted octanol–water partition coefficient (Wildman–Crippen LogP) is 5.99. The van der Waals surface area contributed by atoms with E-state index in [1.54, 1.807) is 12.1 Å². The van der Waals surface area contributed by atoms with Crippen LogP contribution in [0.25, 0.3) is 0 Å². The highest BCUT2D eigenvalue weighted by atomic mass is 35.5. The van der Waals surface area contributed by atoms with Crippen molar-refractivity contribution < 1.29 is 23.4 Å². The largest absolute Gasteiger partial charge is 0.480 e. The van der Waals surface area contributed by atoms with Crippen molar-refractivity contribution >= 4 is 40.8 Å². The Balaban J connectivity index is 1.58. The fourth-order valence-electron chi connectivity index (χ4n) is 3.47. The van der Waals surface area contributed by atoms with E-state index in [0.717, 1.165) is 0 Å². The van der Waals surface area contributed by atoms with Crippen LogP contribution >= 0.6 is 34.8 Å². The monoisotopic (exact) mass is 518 g/mol. The minimum absolute atomic E-state index is 0.0116. The van der Waals surface area contributed by atoms with Crippen LogP contribution in [0.5, 0.6) is 17.2 Å². The molecule has 1 unspecified atom stereocenters. The molecule has 0 fully saturated rings. The summed E-state index contributed by atoms with van der Waals surface area (Å²) in [5.41, 5.74) is 6.47. The summed E-state index contributed by atoms with van der Waals surface area (Å²) >= 11 is 18.1. The van der Waals surface area contributed by atoms with Crippen molar-refractivity contribution in [2.45, 2.75) is 5.92 Å². The van der Waals surface area contributed by atoms with E-state index in [1.165, 1.54) is 42.5 Å². The van der Waals surface area contributed by atoms with Gasteiger partial charge >= 0.3 is 5.97 Å². The minimum Gasteiger partial charge on any atom is -0.480 e. The Morgan fingerprint density at radius 1 is 1.12 bits per heavy atom. The number of nitrogens with zero attached hydrogens (tertiary/aromatic N) is 1. The molecule has 172 valence electrons. The van der Waals surface area contributed by atoms with Gasteiger partial charge in [0.15, 0.2) is 6.61 Å². The van der Waals surface area contributed by atoms with Crippen molar-refractivity contribution in [2.24, 2.45) is 5.73 Å². The number of ether oxygens (including phenoxy) is 3. The van der Waals surface area contributed by atoms with Gasteiger partial charge in [-0.2, -0.15) is 5.26 Å². The normalized spacial score (nSPS) is 14.6. The number of hydrogen-bond acceptors (Lipinski definition) is 6. The lowest BCUT2D eigenvalue weighted by Gasteiger charge is -2.27. The Labute approximate surface area is 208 Å². The van der Waals surface area contributed by atoms with Crippen LogP contribution in [0.15, 0.2) is 66.1 Å². The minimum atomic E-state index is -0.900. The fourth-order valence-corrected chi connectivity index (χ4v) is 4.21. The highest BCUT2D eigenvalue weighted by Crippen LogP contribution is 2.46. The van der Waals surface area contributed by atoms with Crippen LogP contribution in [-0.2, 0) is 4.79 Å². The van der Waals surface area contributed by atoms with Gasteiger partial charge in [0, 0.05) is 27.2 Å². The molecule has 1 atom stereocenters. The van der Waals surface area contributed by atoms with E-state index < -0.39 is 24.3 Å². The van der Waals surface area contributed by atoms with E-state index in [4.69, 9.17) is 54.7 Å². The number of esters is 1. The van der Waals surface area contributed by atoms with Gasteiger partial charge in [-0.1, -0.05) is 46.9 Å². The fraction of sp³-hybridized carbons (Fsp3) is 0.0833. The summed E-state index contributed by atoms with van der Waals surface area (Å²) in [5, 5.41) is 10.4. The maximum Gasteiger partial charge on any atom is 0.349 e. The van der Waals surface area contributed by atoms with Gasteiger partial charge in [-0.15, -0.1) is 0 Å². The Morgan fingerprint density at radius 2 is 1.91 bits per heavy atom. The number of carbonyl (C=O) groups is 1. The van der Waals surface area contributed by atoms with E-state index in [-0.39, 0.29) is 44.3 Å². The second-order valence-corrected chi connectivity index (χ2v) is 8.35. The number of nitriles is 1. The van der Waals surface area contributed by atoms with Crippen molar-refractivity contribution in [3.63, 3.8) is 0 Å². The van der Waals surface area contributed by atoms with Crippen LogP contribution in [0.1, 0.15) is 17.0 Å². The van der Waals surface area contributed by atoms with Crippen molar-refractivity contribution in [3.8, 4) is 23.3 Å². The summed E-state index contributed by atoms with van der Waals surface area (Å²) in [6.07, 6.45) is 0. The van der Waals surface area contributed by atoms with Gasteiger partial charge in [0.1, 0.15) is 34.7 Å². The number of benzene rings is 3. The summed E-state index contributed by atoms with van der Waals surface area (Å²) in [6, 6.07) is 15.2. The van der Waals surface area contributed by atoms with Gasteiger partial charge in [-0.3, -0.25) is 0 Å². The van der Waals surface area contributed by atoms with Crippen LogP contribution in [0, 0.1) is 17.1 Å². The summed E-state index contributed by atoms with van der Waals surface area (Å²) in [4.78, 5) is 12.3. The van der Waals surface area contributed by atoms with Gasteiger partial charge in [0.05, 0.1) is 10.9 Å². The molecular weight excluding hydrogens is 506 g/mol. The molecule has 10 heteroatoms. The summed E-state index contributed by atoms with van der Waals surface area (Å²) in [6.45, 7) is -0.423. The summed E-state index contributed by atoms with van der Waals surface area (Å²) < 4.78 is 30.9. The molecule has 34 heavy (non-hydrogen) atoms. The molecule has 0 radical (unpaired) electrons. The predicted molar refractivity (Wildman–Crippen MR) is 125 cm³/mol. The Bertz CT molecular complexity index is 1350. The average Bonchev–Trinajstić information content (AvgIpc) is 2.78. The third-order valence-corrected chi connectivity index (χ3v) is 5.81. The lowest BCUT2D eigenvalue weighted by Crippen LogP contribution is -2.22. The standard InChI is InChI=1S/C24H14Cl3FN2O4/c25-12-4-7-19(17(27)8-12)32-11-21(31)33-13-5-6-14-20(9-13)34-24(30)15(10-29)22(14)23-16(26)2-1-3-18(23)28/h1-9,22H,11,30H2. The van der Waals surface area contributed by atoms with Crippen LogP contribution in [0.4, 0.5) is 4.39 Å². The first-order valence-corrected chi connectivity index (χ1v) is 10.9. The average molecular weight is 520 g/mol.